The molecule has 6 rings (SSSR count). The van der Waals surface area contributed by atoms with E-state index in [0.717, 1.165) is 5.56 Å². The molecule has 0 saturated carbocycles. The molecule has 0 atom stereocenters. The third kappa shape index (κ3) is 5.24. The number of aryl methyl sites for hydroxylation is 1. The fourth-order valence-corrected chi connectivity index (χ4v) is 5.16. The van der Waals surface area contributed by atoms with Gasteiger partial charge in [0.05, 0.1) is 47.6 Å². The van der Waals surface area contributed by atoms with Gasteiger partial charge in [0.1, 0.15) is 17.4 Å². The first-order chi connectivity index (χ1) is 19.7. The van der Waals surface area contributed by atoms with Gasteiger partial charge in [-0.15, -0.1) is 0 Å². The molecule has 1 aliphatic rings. The average Bonchev–Trinajstić information content (AvgIpc) is 3.52. The Bertz CT molecular complexity index is 1780. The molecule has 3 heterocycles. The number of nitrogens with one attached hydrogen (secondary N) is 3. The van der Waals surface area contributed by atoms with Crippen LogP contribution in [-0.2, 0) is 4.74 Å². The predicted octanol–water partition coefficient (Wildman–Crippen LogP) is 5.90. The summed E-state index contributed by atoms with van der Waals surface area (Å²) in [5.74, 6) is -0.607. The summed E-state index contributed by atoms with van der Waals surface area (Å²) in [5, 5.41) is 4.88. The first-order valence-electron chi connectivity index (χ1n) is 12.7. The maximum atomic E-state index is 14.7. The molecule has 210 valence electrons. The Kier molecular flexibility index (Phi) is 6.89. The van der Waals surface area contributed by atoms with Gasteiger partial charge in [-0.3, -0.25) is 4.79 Å². The lowest BCUT2D eigenvalue weighted by molar-refractivity contribution is -0.0509. The van der Waals surface area contributed by atoms with E-state index in [1.54, 1.807) is 48.5 Å². The van der Waals surface area contributed by atoms with Crippen LogP contribution >= 0.6 is 12.1 Å². The van der Waals surface area contributed by atoms with Gasteiger partial charge in [-0.25, -0.2) is 18.2 Å². The second-order valence-electron chi connectivity index (χ2n) is 10.1. The van der Waals surface area contributed by atoms with Gasteiger partial charge in [0.15, 0.2) is 11.6 Å². The highest BCUT2D eigenvalue weighted by molar-refractivity contribution is 7.98. The number of para-hydroxylation sites is 1. The van der Waals surface area contributed by atoms with E-state index in [9.17, 15) is 13.6 Å². The number of aromatic nitrogens is 3. The molecule has 5 N–H and O–H groups in total. The van der Waals surface area contributed by atoms with Crippen molar-refractivity contribution in [3.63, 3.8) is 0 Å². The van der Waals surface area contributed by atoms with Crippen molar-refractivity contribution in [3.05, 3.63) is 95.3 Å². The zero-order valence-corrected chi connectivity index (χ0v) is 22.9. The van der Waals surface area contributed by atoms with Crippen molar-refractivity contribution < 1.29 is 23.0 Å². The highest BCUT2D eigenvalue weighted by atomic mass is 32.2. The Hall–Kier alpha value is -4.39. The maximum absolute atomic E-state index is 14.7. The number of nitrogen functional groups attached to an aromatic ring is 1. The van der Waals surface area contributed by atoms with E-state index in [4.69, 9.17) is 15.2 Å². The Morgan fingerprint density at radius 1 is 1.15 bits per heavy atom. The highest BCUT2D eigenvalue weighted by Crippen LogP contribution is 2.30. The number of rotatable bonds is 9. The monoisotopic (exact) mass is 576 g/mol. The summed E-state index contributed by atoms with van der Waals surface area (Å²) in [5.41, 5.74) is 8.88. The van der Waals surface area contributed by atoms with Crippen LogP contribution in [0.4, 0.5) is 20.3 Å². The van der Waals surface area contributed by atoms with Gasteiger partial charge >= 0.3 is 0 Å². The van der Waals surface area contributed by atoms with Crippen molar-refractivity contribution in [2.24, 2.45) is 0 Å². The van der Waals surface area contributed by atoms with Crippen molar-refractivity contribution in [2.45, 2.75) is 19.4 Å². The third-order valence-electron chi connectivity index (χ3n) is 6.76. The lowest BCUT2D eigenvalue weighted by Crippen LogP contribution is -2.55. The lowest BCUT2D eigenvalue weighted by atomic mass is 10.0. The molecule has 0 aliphatic carbocycles. The van der Waals surface area contributed by atoms with E-state index in [-0.39, 0.29) is 39.8 Å². The first-order valence-corrected chi connectivity index (χ1v) is 13.5. The van der Waals surface area contributed by atoms with Crippen molar-refractivity contribution >= 4 is 40.3 Å². The molecule has 0 amide bonds. The SMILES string of the molecule is Cc1cc(Oc2ccccc2F)ccc1-n1ncc(C(=O)c2cc3cc(F)c(NSNC4(C)COC4)cc3[nH]2)c1N. The quantitative estimate of drug-likeness (QED) is 0.127. The van der Waals surface area contributed by atoms with Gasteiger partial charge in [-0.05, 0) is 67.9 Å². The average molecular weight is 577 g/mol. The number of nitrogens with two attached hydrogens (primary N) is 1. The van der Waals surface area contributed by atoms with Crippen LogP contribution in [0.25, 0.3) is 16.6 Å². The molecule has 3 aromatic carbocycles. The van der Waals surface area contributed by atoms with Gasteiger partial charge < -0.3 is 24.9 Å². The normalized spacial score (nSPS) is 14.1. The summed E-state index contributed by atoms with van der Waals surface area (Å²) < 4.78 is 47.2. The van der Waals surface area contributed by atoms with Crippen LogP contribution in [0, 0.1) is 18.6 Å². The minimum atomic E-state index is -0.467. The topological polar surface area (TPSA) is 119 Å². The maximum Gasteiger partial charge on any atom is 0.214 e. The molecule has 1 aliphatic heterocycles. The second kappa shape index (κ2) is 10.5. The number of carbonyl (C=O) groups excluding carboxylic acids is 1. The molecular formula is C29H26F2N6O3S. The van der Waals surface area contributed by atoms with Crippen molar-refractivity contribution in [2.75, 3.05) is 23.7 Å². The highest BCUT2D eigenvalue weighted by Gasteiger charge is 2.33. The Labute approximate surface area is 238 Å². The molecular weight excluding hydrogens is 550 g/mol. The fourth-order valence-electron chi connectivity index (χ4n) is 4.48. The van der Waals surface area contributed by atoms with Crippen LogP contribution in [0.15, 0.2) is 66.9 Å². The van der Waals surface area contributed by atoms with Crippen LogP contribution in [-0.4, -0.2) is 39.3 Å². The summed E-state index contributed by atoms with van der Waals surface area (Å²) in [6.07, 6.45) is 1.40. The molecule has 1 saturated heterocycles. The summed E-state index contributed by atoms with van der Waals surface area (Å²) in [6, 6.07) is 15.8. The van der Waals surface area contributed by atoms with E-state index < -0.39 is 11.6 Å². The number of carbonyl (C=O) groups is 1. The molecule has 1 fully saturated rings. The number of hydrogen-bond donors (Lipinski definition) is 4. The minimum absolute atomic E-state index is 0.112. The van der Waals surface area contributed by atoms with Crippen molar-refractivity contribution in [1.29, 1.82) is 0 Å². The van der Waals surface area contributed by atoms with Gasteiger partial charge in [0.25, 0.3) is 0 Å². The molecule has 5 aromatic rings. The number of ether oxygens (including phenoxy) is 2. The van der Waals surface area contributed by atoms with Crippen LogP contribution in [0.2, 0.25) is 0 Å². The molecule has 9 nitrogen and oxygen atoms in total. The summed E-state index contributed by atoms with van der Waals surface area (Å²) in [4.78, 5) is 16.5. The molecule has 0 radical (unpaired) electrons. The molecule has 0 bridgehead atoms. The van der Waals surface area contributed by atoms with Crippen molar-refractivity contribution in [3.8, 4) is 17.2 Å². The molecule has 0 spiro atoms. The summed E-state index contributed by atoms with van der Waals surface area (Å²) in [6.45, 7) is 5.01. The number of H-pyrrole nitrogens is 1. The van der Waals surface area contributed by atoms with Gasteiger partial charge in [-0.1, -0.05) is 12.1 Å². The number of ketones is 1. The van der Waals surface area contributed by atoms with E-state index in [2.05, 4.69) is 19.5 Å². The third-order valence-corrected chi connectivity index (χ3v) is 7.68. The molecule has 0 unspecified atom stereocenters. The van der Waals surface area contributed by atoms with E-state index in [0.29, 0.717) is 35.6 Å². The van der Waals surface area contributed by atoms with Gasteiger partial charge in [0.2, 0.25) is 5.78 Å². The van der Waals surface area contributed by atoms with Gasteiger partial charge in [0, 0.05) is 23.0 Å². The first kappa shape index (κ1) is 26.8. The van der Waals surface area contributed by atoms with Crippen LogP contribution < -0.4 is 19.9 Å². The number of hydrogen-bond acceptors (Lipinski definition) is 8. The molecule has 12 heteroatoms. The van der Waals surface area contributed by atoms with Crippen molar-refractivity contribution in [1.82, 2.24) is 19.5 Å². The Morgan fingerprint density at radius 3 is 2.68 bits per heavy atom. The predicted molar refractivity (Wildman–Crippen MR) is 154 cm³/mol. The largest absolute Gasteiger partial charge is 0.454 e. The van der Waals surface area contributed by atoms with E-state index in [1.807, 2.05) is 13.8 Å². The summed E-state index contributed by atoms with van der Waals surface area (Å²) >= 11 is 1.17. The zero-order chi connectivity index (χ0) is 28.7. The molecule has 41 heavy (non-hydrogen) atoms. The van der Waals surface area contributed by atoms with Crippen LogP contribution in [0.1, 0.15) is 28.5 Å². The standard InChI is InChI=1S/C29H26F2N6O3S/c1-16-9-18(40-26-6-4-3-5-20(26)30)7-8-25(16)37-28(32)19(13-33-37)27(38)24-11-17-10-21(31)23(12-22(17)34-24)35-41-36-29(2)14-39-15-29/h3-13,34-36H,14-15,32H2,1-2H3. The smallest absolute Gasteiger partial charge is 0.214 e. The zero-order valence-electron chi connectivity index (χ0n) is 22.1. The Balaban J connectivity index is 1.20. The summed E-state index contributed by atoms with van der Waals surface area (Å²) in [7, 11) is 0. The number of anilines is 2. The Morgan fingerprint density at radius 2 is 1.95 bits per heavy atom. The van der Waals surface area contributed by atoms with E-state index >= 15 is 0 Å². The fraction of sp³-hybridized carbons (Fsp3) is 0.172. The number of nitrogens with zero attached hydrogens (tertiary/aromatic N) is 2. The van der Waals surface area contributed by atoms with Gasteiger partial charge in [-0.2, -0.15) is 5.10 Å². The van der Waals surface area contributed by atoms with Crippen LogP contribution in [0.3, 0.4) is 0 Å². The minimum Gasteiger partial charge on any atom is -0.454 e. The lowest BCUT2D eigenvalue weighted by Gasteiger charge is -2.38. The number of fused-ring (bicyclic) bond motifs is 1. The number of benzene rings is 3. The molecule has 2 aromatic heterocycles. The number of halogens is 2. The van der Waals surface area contributed by atoms with Crippen LogP contribution in [0.5, 0.6) is 11.5 Å². The number of aromatic amines is 1. The second-order valence-corrected chi connectivity index (χ2v) is 10.7. The van der Waals surface area contributed by atoms with E-state index in [1.165, 1.54) is 35.1 Å².